The second-order valence-electron chi connectivity index (χ2n) is 6.76. The number of carbonyl (C=O) groups excluding carboxylic acids is 2. The van der Waals surface area contributed by atoms with Crippen molar-refractivity contribution < 1.29 is 14.3 Å². The highest BCUT2D eigenvalue weighted by molar-refractivity contribution is 5.81. The number of carbonyl (C=O) groups is 2. The molecule has 0 radical (unpaired) electrons. The number of esters is 1. The molecule has 1 atom stereocenters. The van der Waals surface area contributed by atoms with E-state index in [1.807, 2.05) is 0 Å². The van der Waals surface area contributed by atoms with E-state index in [0.29, 0.717) is 6.04 Å². The molecule has 1 unspecified atom stereocenters. The Balaban J connectivity index is 1.79. The van der Waals surface area contributed by atoms with Crippen LogP contribution >= 0.6 is 0 Å². The molecule has 2 fully saturated rings. The fraction of sp³-hybridized carbons (Fsp3) is 0.875. The summed E-state index contributed by atoms with van der Waals surface area (Å²) in [7, 11) is 5.49. The molecule has 126 valence electrons. The molecule has 2 saturated heterocycles. The van der Waals surface area contributed by atoms with E-state index in [9.17, 15) is 9.59 Å². The zero-order valence-corrected chi connectivity index (χ0v) is 14.1. The summed E-state index contributed by atoms with van der Waals surface area (Å²) in [6, 6.07) is 0.593. The van der Waals surface area contributed by atoms with Gasteiger partial charge < -0.3 is 14.5 Å². The van der Waals surface area contributed by atoms with Crippen LogP contribution < -0.4 is 0 Å². The molecule has 6 heteroatoms. The minimum absolute atomic E-state index is 0.0802. The Morgan fingerprint density at radius 3 is 2.45 bits per heavy atom. The lowest BCUT2D eigenvalue weighted by molar-refractivity contribution is -0.156. The third kappa shape index (κ3) is 4.68. The maximum absolute atomic E-state index is 12.2. The highest BCUT2D eigenvalue weighted by Gasteiger charge is 2.32. The van der Waals surface area contributed by atoms with Gasteiger partial charge in [-0.1, -0.05) is 0 Å². The van der Waals surface area contributed by atoms with Crippen molar-refractivity contribution in [3.63, 3.8) is 0 Å². The summed E-state index contributed by atoms with van der Waals surface area (Å²) in [5.41, 5.74) is 0. The van der Waals surface area contributed by atoms with Crippen LogP contribution in [0.3, 0.4) is 0 Å². The van der Waals surface area contributed by atoms with E-state index >= 15 is 0 Å². The standard InChI is InChI=1S/C16H29N3O3/c1-17(2)15(20)12-22-16(21)13-5-4-8-19(11-13)14-6-9-18(3)10-7-14/h13-14H,4-12H2,1-3H3. The number of piperidine rings is 2. The van der Waals surface area contributed by atoms with Crippen molar-refractivity contribution >= 4 is 11.9 Å². The summed E-state index contributed by atoms with van der Waals surface area (Å²) in [6.45, 7) is 3.98. The number of hydrogen-bond acceptors (Lipinski definition) is 5. The Kier molecular flexibility index (Phi) is 6.20. The molecule has 0 bridgehead atoms. The van der Waals surface area contributed by atoms with Crippen LogP contribution in [-0.2, 0) is 14.3 Å². The Morgan fingerprint density at radius 1 is 1.14 bits per heavy atom. The third-order valence-corrected chi connectivity index (χ3v) is 4.83. The summed E-state index contributed by atoms with van der Waals surface area (Å²) in [6.07, 6.45) is 4.26. The van der Waals surface area contributed by atoms with E-state index in [1.54, 1.807) is 14.1 Å². The molecule has 2 aliphatic rings. The van der Waals surface area contributed by atoms with Crippen LogP contribution in [0.1, 0.15) is 25.7 Å². The van der Waals surface area contributed by atoms with E-state index in [1.165, 1.54) is 17.7 Å². The summed E-state index contributed by atoms with van der Waals surface area (Å²) >= 11 is 0. The second kappa shape index (κ2) is 7.92. The van der Waals surface area contributed by atoms with Gasteiger partial charge in [-0.2, -0.15) is 0 Å². The minimum atomic E-state index is -0.215. The van der Waals surface area contributed by atoms with Gasteiger partial charge in [0.15, 0.2) is 6.61 Å². The van der Waals surface area contributed by atoms with Crippen LogP contribution in [0.15, 0.2) is 0 Å². The smallest absolute Gasteiger partial charge is 0.310 e. The number of likely N-dealkylation sites (tertiary alicyclic amines) is 2. The Morgan fingerprint density at radius 2 is 1.82 bits per heavy atom. The van der Waals surface area contributed by atoms with E-state index in [0.717, 1.165) is 39.0 Å². The van der Waals surface area contributed by atoms with Crippen molar-refractivity contribution in [2.45, 2.75) is 31.7 Å². The largest absolute Gasteiger partial charge is 0.455 e. The van der Waals surface area contributed by atoms with Gasteiger partial charge in [0, 0.05) is 26.7 Å². The normalized spacial score (nSPS) is 25.0. The van der Waals surface area contributed by atoms with E-state index in [4.69, 9.17) is 4.74 Å². The predicted molar refractivity (Wildman–Crippen MR) is 84.5 cm³/mol. The molecular weight excluding hydrogens is 282 g/mol. The van der Waals surface area contributed by atoms with Crippen molar-refractivity contribution in [3.8, 4) is 0 Å². The van der Waals surface area contributed by atoms with Crippen molar-refractivity contribution in [2.24, 2.45) is 5.92 Å². The molecule has 0 aromatic carbocycles. The zero-order chi connectivity index (χ0) is 16.1. The molecule has 22 heavy (non-hydrogen) atoms. The van der Waals surface area contributed by atoms with Crippen LogP contribution in [0.4, 0.5) is 0 Å². The molecule has 2 heterocycles. The topological polar surface area (TPSA) is 53.1 Å². The first kappa shape index (κ1) is 17.2. The monoisotopic (exact) mass is 311 g/mol. The number of nitrogens with zero attached hydrogens (tertiary/aromatic N) is 3. The first-order valence-corrected chi connectivity index (χ1v) is 8.26. The molecule has 0 aromatic rings. The van der Waals surface area contributed by atoms with Crippen LogP contribution in [0, 0.1) is 5.92 Å². The van der Waals surface area contributed by atoms with Crippen LogP contribution in [0.2, 0.25) is 0 Å². The van der Waals surface area contributed by atoms with Gasteiger partial charge in [0.2, 0.25) is 0 Å². The Labute approximate surface area is 133 Å². The molecular formula is C16H29N3O3. The summed E-state index contributed by atoms with van der Waals surface area (Å²) < 4.78 is 5.19. The van der Waals surface area contributed by atoms with Crippen LogP contribution in [-0.4, -0.2) is 86.5 Å². The number of ether oxygens (including phenoxy) is 1. The molecule has 6 nitrogen and oxygen atoms in total. The molecule has 0 aliphatic carbocycles. The van der Waals surface area contributed by atoms with Gasteiger partial charge in [0.05, 0.1) is 5.92 Å². The highest BCUT2D eigenvalue weighted by atomic mass is 16.5. The van der Waals surface area contributed by atoms with Gasteiger partial charge >= 0.3 is 5.97 Å². The van der Waals surface area contributed by atoms with Gasteiger partial charge in [-0.15, -0.1) is 0 Å². The summed E-state index contributed by atoms with van der Waals surface area (Å²) in [4.78, 5) is 29.9. The molecule has 0 saturated carbocycles. The minimum Gasteiger partial charge on any atom is -0.455 e. The average molecular weight is 311 g/mol. The van der Waals surface area contributed by atoms with Crippen molar-refractivity contribution in [1.29, 1.82) is 0 Å². The molecule has 0 aromatic heterocycles. The Bertz CT molecular complexity index is 392. The number of amides is 1. The number of hydrogen-bond donors (Lipinski definition) is 0. The lowest BCUT2D eigenvalue weighted by atomic mass is 9.94. The fourth-order valence-electron chi connectivity index (χ4n) is 3.27. The van der Waals surface area contributed by atoms with Gasteiger partial charge in [0.1, 0.15) is 0 Å². The van der Waals surface area contributed by atoms with Crippen LogP contribution in [0.25, 0.3) is 0 Å². The van der Waals surface area contributed by atoms with Crippen molar-refractivity contribution in [1.82, 2.24) is 14.7 Å². The van der Waals surface area contributed by atoms with Gasteiger partial charge in [-0.05, 0) is 52.4 Å². The number of likely N-dealkylation sites (N-methyl/N-ethyl adjacent to an activating group) is 1. The third-order valence-electron chi connectivity index (χ3n) is 4.83. The van der Waals surface area contributed by atoms with Gasteiger partial charge in [-0.3, -0.25) is 14.5 Å². The molecule has 2 rings (SSSR count). The van der Waals surface area contributed by atoms with Gasteiger partial charge in [0.25, 0.3) is 5.91 Å². The van der Waals surface area contributed by atoms with E-state index in [-0.39, 0.29) is 24.4 Å². The van der Waals surface area contributed by atoms with E-state index < -0.39 is 0 Å². The zero-order valence-electron chi connectivity index (χ0n) is 14.1. The first-order valence-electron chi connectivity index (χ1n) is 8.26. The first-order chi connectivity index (χ1) is 10.5. The highest BCUT2D eigenvalue weighted by Crippen LogP contribution is 2.24. The predicted octanol–water partition coefficient (Wildman–Crippen LogP) is 0.424. The fourth-order valence-corrected chi connectivity index (χ4v) is 3.27. The average Bonchev–Trinajstić information content (AvgIpc) is 2.53. The lowest BCUT2D eigenvalue weighted by Crippen LogP contribution is -2.49. The van der Waals surface area contributed by atoms with Crippen LogP contribution in [0.5, 0.6) is 0 Å². The van der Waals surface area contributed by atoms with E-state index in [2.05, 4.69) is 16.8 Å². The molecule has 2 aliphatic heterocycles. The SMILES string of the molecule is CN1CCC(N2CCCC(C(=O)OCC(=O)N(C)C)C2)CC1. The maximum atomic E-state index is 12.2. The quantitative estimate of drug-likeness (QED) is 0.705. The molecule has 1 amide bonds. The second-order valence-corrected chi connectivity index (χ2v) is 6.76. The maximum Gasteiger partial charge on any atom is 0.310 e. The number of rotatable bonds is 4. The van der Waals surface area contributed by atoms with Gasteiger partial charge in [-0.25, -0.2) is 0 Å². The molecule has 0 N–H and O–H groups in total. The van der Waals surface area contributed by atoms with Crippen molar-refractivity contribution in [3.05, 3.63) is 0 Å². The lowest BCUT2D eigenvalue weighted by Gasteiger charge is -2.41. The molecule has 0 spiro atoms. The summed E-state index contributed by atoms with van der Waals surface area (Å²) in [5.74, 6) is -0.465. The summed E-state index contributed by atoms with van der Waals surface area (Å²) in [5, 5.41) is 0. The Hall–Kier alpha value is -1.14. The van der Waals surface area contributed by atoms with Crippen molar-refractivity contribution in [2.75, 3.05) is 53.9 Å².